The average Bonchev–Trinajstić information content (AvgIpc) is 2.27. The molecule has 1 aromatic rings. The van der Waals surface area contributed by atoms with Crippen LogP contribution in [0.2, 0.25) is 10.0 Å². The van der Waals surface area contributed by atoms with E-state index in [9.17, 15) is 4.39 Å². The fraction of sp³-hybridized carbons (Fsp3) is 0.571. The third-order valence-corrected chi connectivity index (χ3v) is 4.45. The van der Waals surface area contributed by atoms with E-state index in [1.807, 2.05) is 6.92 Å². The van der Waals surface area contributed by atoms with E-state index in [1.54, 1.807) is 6.07 Å². The van der Waals surface area contributed by atoms with Gasteiger partial charge in [0.25, 0.3) is 0 Å². The van der Waals surface area contributed by atoms with Crippen molar-refractivity contribution >= 4 is 23.2 Å². The zero-order valence-electron chi connectivity index (χ0n) is 10.5. The predicted molar refractivity (Wildman–Crippen MR) is 74.8 cm³/mol. The van der Waals surface area contributed by atoms with Gasteiger partial charge in [0.2, 0.25) is 0 Å². The maximum Gasteiger partial charge on any atom is 0.142 e. The molecule has 1 N–H and O–H groups in total. The Morgan fingerprint density at radius 1 is 1.39 bits per heavy atom. The molecule has 1 atom stereocenters. The first kappa shape index (κ1) is 14.1. The van der Waals surface area contributed by atoms with Gasteiger partial charge in [-0.1, -0.05) is 42.5 Å². The lowest BCUT2D eigenvalue weighted by Crippen LogP contribution is -2.24. The summed E-state index contributed by atoms with van der Waals surface area (Å²) in [6.45, 7) is 2.89. The normalized spacial score (nSPS) is 17.6. The second kappa shape index (κ2) is 6.23. The summed E-state index contributed by atoms with van der Waals surface area (Å²) in [5.74, 6) is 0.451. The van der Waals surface area contributed by atoms with Gasteiger partial charge in [0.1, 0.15) is 5.82 Å². The van der Waals surface area contributed by atoms with Crippen molar-refractivity contribution in [3.63, 3.8) is 0 Å². The highest BCUT2D eigenvalue weighted by Gasteiger charge is 2.19. The molecule has 1 aliphatic rings. The van der Waals surface area contributed by atoms with Gasteiger partial charge < -0.3 is 5.32 Å². The Labute approximate surface area is 118 Å². The molecule has 4 heteroatoms. The van der Waals surface area contributed by atoms with Crippen LogP contribution in [0.15, 0.2) is 12.1 Å². The van der Waals surface area contributed by atoms with Crippen LogP contribution in [-0.2, 0) is 0 Å². The van der Waals surface area contributed by atoms with Gasteiger partial charge in [-0.05, 0) is 37.9 Å². The molecular formula is C14H18Cl2FN. The highest BCUT2D eigenvalue weighted by Crippen LogP contribution is 2.33. The Hall–Kier alpha value is -0.310. The van der Waals surface area contributed by atoms with Crippen LogP contribution in [0.25, 0.3) is 0 Å². The summed E-state index contributed by atoms with van der Waals surface area (Å²) >= 11 is 12.1. The monoisotopic (exact) mass is 289 g/mol. The minimum Gasteiger partial charge on any atom is -0.310 e. The summed E-state index contributed by atoms with van der Waals surface area (Å²) in [6.07, 6.45) is 5.23. The molecule has 0 heterocycles. The van der Waals surface area contributed by atoms with Crippen molar-refractivity contribution in [2.45, 2.75) is 38.6 Å². The van der Waals surface area contributed by atoms with Crippen LogP contribution in [-0.4, -0.2) is 6.54 Å². The van der Waals surface area contributed by atoms with Crippen molar-refractivity contribution in [1.29, 1.82) is 0 Å². The zero-order valence-corrected chi connectivity index (χ0v) is 12.0. The summed E-state index contributed by atoms with van der Waals surface area (Å²) in [5, 5.41) is 4.02. The van der Waals surface area contributed by atoms with Gasteiger partial charge >= 0.3 is 0 Å². The Morgan fingerprint density at radius 2 is 2.11 bits per heavy atom. The highest BCUT2D eigenvalue weighted by molar-refractivity contribution is 6.36. The van der Waals surface area contributed by atoms with E-state index >= 15 is 0 Å². The highest BCUT2D eigenvalue weighted by atomic mass is 35.5. The second-order valence-electron chi connectivity index (χ2n) is 5.02. The molecule has 2 rings (SSSR count). The van der Waals surface area contributed by atoms with E-state index in [0.29, 0.717) is 10.6 Å². The molecule has 1 saturated carbocycles. The van der Waals surface area contributed by atoms with Gasteiger partial charge in [-0.25, -0.2) is 4.39 Å². The van der Waals surface area contributed by atoms with Crippen LogP contribution in [0, 0.1) is 11.7 Å². The molecule has 1 fully saturated rings. The Morgan fingerprint density at radius 3 is 2.72 bits per heavy atom. The zero-order chi connectivity index (χ0) is 13.1. The molecule has 1 aromatic carbocycles. The second-order valence-corrected chi connectivity index (χ2v) is 5.80. The van der Waals surface area contributed by atoms with Crippen molar-refractivity contribution in [3.05, 3.63) is 33.6 Å². The molecule has 1 aliphatic carbocycles. The molecule has 0 aromatic heterocycles. The van der Waals surface area contributed by atoms with Gasteiger partial charge in [-0.3, -0.25) is 0 Å². The third kappa shape index (κ3) is 3.17. The van der Waals surface area contributed by atoms with E-state index in [0.717, 1.165) is 12.5 Å². The first-order chi connectivity index (χ1) is 8.59. The van der Waals surface area contributed by atoms with Crippen molar-refractivity contribution in [2.24, 2.45) is 5.92 Å². The molecular weight excluding hydrogens is 272 g/mol. The predicted octanol–water partition coefficient (Wildman–Crippen LogP) is 4.97. The number of hydrogen-bond acceptors (Lipinski definition) is 1. The van der Waals surface area contributed by atoms with Crippen molar-refractivity contribution < 1.29 is 4.39 Å². The first-order valence-corrected chi connectivity index (χ1v) is 7.22. The molecule has 100 valence electrons. The van der Waals surface area contributed by atoms with Crippen LogP contribution >= 0.6 is 23.2 Å². The van der Waals surface area contributed by atoms with Crippen LogP contribution in [0.3, 0.4) is 0 Å². The topological polar surface area (TPSA) is 12.0 Å². The first-order valence-electron chi connectivity index (χ1n) is 6.46. The van der Waals surface area contributed by atoms with Gasteiger partial charge in [0.15, 0.2) is 0 Å². The summed E-state index contributed by atoms with van der Waals surface area (Å²) in [5.41, 5.74) is 0.659. The number of nitrogens with one attached hydrogen (secondary N) is 1. The van der Waals surface area contributed by atoms with E-state index < -0.39 is 5.82 Å². The number of benzene rings is 1. The molecule has 0 radical (unpaired) electrons. The lowest BCUT2D eigenvalue weighted by molar-refractivity contribution is 0.288. The Kier molecular flexibility index (Phi) is 4.88. The number of rotatable bonds is 5. The van der Waals surface area contributed by atoms with Gasteiger partial charge in [-0.2, -0.15) is 0 Å². The lowest BCUT2D eigenvalue weighted by Gasteiger charge is -2.26. The summed E-state index contributed by atoms with van der Waals surface area (Å²) < 4.78 is 13.4. The van der Waals surface area contributed by atoms with Crippen LogP contribution in [0.5, 0.6) is 0 Å². The molecule has 0 amide bonds. The van der Waals surface area contributed by atoms with Gasteiger partial charge in [0, 0.05) is 16.6 Å². The summed E-state index contributed by atoms with van der Waals surface area (Å²) in [4.78, 5) is 0. The molecule has 0 saturated heterocycles. The van der Waals surface area contributed by atoms with E-state index in [-0.39, 0.29) is 11.1 Å². The van der Waals surface area contributed by atoms with Gasteiger partial charge in [0.05, 0.1) is 5.02 Å². The smallest absolute Gasteiger partial charge is 0.142 e. The van der Waals surface area contributed by atoms with Gasteiger partial charge in [-0.15, -0.1) is 0 Å². The maximum atomic E-state index is 13.4. The fourth-order valence-electron chi connectivity index (χ4n) is 2.33. The third-order valence-electron chi connectivity index (χ3n) is 3.74. The average molecular weight is 290 g/mol. The number of halogens is 3. The number of hydrogen-bond donors (Lipinski definition) is 1. The summed E-state index contributed by atoms with van der Waals surface area (Å²) in [7, 11) is 0. The lowest BCUT2D eigenvalue weighted by atomic mass is 9.83. The quantitative estimate of drug-likeness (QED) is 0.755. The van der Waals surface area contributed by atoms with Crippen molar-refractivity contribution in [1.82, 2.24) is 5.32 Å². The molecule has 1 unspecified atom stereocenters. The molecule has 1 nitrogen and oxygen atoms in total. The standard InChI is InChI=1S/C14H18Cl2FN/c1-9(18-8-7-10-3-2-4-10)13-11(15)5-6-12(17)14(13)16/h5-6,9-10,18H,2-4,7-8H2,1H3. The van der Waals surface area contributed by atoms with Crippen molar-refractivity contribution in [3.8, 4) is 0 Å². The van der Waals surface area contributed by atoms with Crippen molar-refractivity contribution in [2.75, 3.05) is 6.54 Å². The largest absolute Gasteiger partial charge is 0.310 e. The van der Waals surface area contributed by atoms with E-state index in [1.165, 1.54) is 31.7 Å². The molecule has 18 heavy (non-hydrogen) atoms. The minimum atomic E-state index is -0.413. The fourth-order valence-corrected chi connectivity index (χ4v) is 3.03. The minimum absolute atomic E-state index is 0.0271. The van der Waals surface area contributed by atoms with Crippen LogP contribution < -0.4 is 5.32 Å². The van der Waals surface area contributed by atoms with Crippen LogP contribution in [0.1, 0.15) is 44.2 Å². The molecule has 0 bridgehead atoms. The maximum absolute atomic E-state index is 13.4. The SMILES string of the molecule is CC(NCCC1CCC1)c1c(Cl)ccc(F)c1Cl. The summed E-state index contributed by atoms with van der Waals surface area (Å²) in [6, 6.07) is 2.83. The molecule has 0 aliphatic heterocycles. The Bertz CT molecular complexity index is 419. The van der Waals surface area contributed by atoms with E-state index in [2.05, 4.69) is 5.32 Å². The Balaban J connectivity index is 1.94. The van der Waals surface area contributed by atoms with Crippen LogP contribution in [0.4, 0.5) is 4.39 Å². The van der Waals surface area contributed by atoms with E-state index in [4.69, 9.17) is 23.2 Å². The molecule has 0 spiro atoms.